The summed E-state index contributed by atoms with van der Waals surface area (Å²) in [6.07, 6.45) is 0. The Morgan fingerprint density at radius 3 is 2.26 bits per heavy atom. The van der Waals surface area contributed by atoms with Gasteiger partial charge in [-0.2, -0.15) is 0 Å². The molecule has 0 fully saturated rings. The molecule has 1 aromatic carbocycles. The second kappa shape index (κ2) is 8.49. The van der Waals surface area contributed by atoms with Crippen LogP contribution in [0.25, 0.3) is 0 Å². The van der Waals surface area contributed by atoms with Gasteiger partial charge < -0.3 is 16.0 Å². The fourth-order valence-corrected chi connectivity index (χ4v) is 2.67. The molecule has 7 nitrogen and oxygen atoms in total. The van der Waals surface area contributed by atoms with Crippen molar-refractivity contribution in [2.24, 2.45) is 11.7 Å². The summed E-state index contributed by atoms with van der Waals surface area (Å²) in [6, 6.07) is 4.65. The number of amides is 1. The van der Waals surface area contributed by atoms with Crippen LogP contribution in [0.5, 0.6) is 0 Å². The Bertz CT molecular complexity index is 647. The molecule has 1 atom stereocenters. The summed E-state index contributed by atoms with van der Waals surface area (Å²) in [4.78, 5) is 14.0. The molecule has 3 N–H and O–H groups in total. The molecule has 0 radical (unpaired) electrons. The molecular formula is C14H25ClN4O3S. The van der Waals surface area contributed by atoms with Gasteiger partial charge in [-0.15, -0.1) is 12.4 Å². The summed E-state index contributed by atoms with van der Waals surface area (Å²) in [7, 11) is 2.99. The first kappa shape index (κ1) is 21.6. The van der Waals surface area contributed by atoms with E-state index in [1.165, 1.54) is 26.2 Å². The maximum absolute atomic E-state index is 12.2. The summed E-state index contributed by atoms with van der Waals surface area (Å²) >= 11 is 0. The van der Waals surface area contributed by atoms with E-state index in [9.17, 15) is 13.2 Å². The number of hydrogen-bond donors (Lipinski definition) is 2. The van der Waals surface area contributed by atoms with E-state index in [-0.39, 0.29) is 35.7 Å². The first-order valence-electron chi connectivity index (χ1n) is 6.86. The number of anilines is 2. The van der Waals surface area contributed by atoms with Crippen LogP contribution in [0.3, 0.4) is 0 Å². The van der Waals surface area contributed by atoms with Gasteiger partial charge in [-0.05, 0) is 18.2 Å². The zero-order valence-electron chi connectivity index (χ0n) is 14.0. The minimum Gasteiger partial charge on any atom is -0.376 e. The summed E-state index contributed by atoms with van der Waals surface area (Å²) < 4.78 is 25.6. The fourth-order valence-electron chi connectivity index (χ4n) is 1.74. The molecule has 1 amide bonds. The van der Waals surface area contributed by atoms with E-state index in [1.54, 1.807) is 17.9 Å². The largest absolute Gasteiger partial charge is 0.376 e. The van der Waals surface area contributed by atoms with Gasteiger partial charge >= 0.3 is 0 Å². The molecule has 0 saturated carbocycles. The smallest absolute Gasteiger partial charge is 0.242 e. The van der Waals surface area contributed by atoms with Crippen molar-refractivity contribution in [3.63, 3.8) is 0 Å². The highest BCUT2D eigenvalue weighted by Gasteiger charge is 2.21. The maximum atomic E-state index is 12.2. The molecule has 0 saturated heterocycles. The molecule has 1 rings (SSSR count). The van der Waals surface area contributed by atoms with Gasteiger partial charge in [0.25, 0.3) is 0 Å². The third-order valence-corrected chi connectivity index (χ3v) is 5.10. The third-order valence-electron chi connectivity index (χ3n) is 3.29. The fraction of sp³-hybridized carbons (Fsp3) is 0.500. The summed E-state index contributed by atoms with van der Waals surface area (Å²) in [5.41, 5.74) is 6.65. The van der Waals surface area contributed by atoms with Crippen molar-refractivity contribution in [2.75, 3.05) is 45.0 Å². The molecule has 23 heavy (non-hydrogen) atoms. The maximum Gasteiger partial charge on any atom is 0.242 e. The molecule has 0 bridgehead atoms. The molecule has 132 valence electrons. The number of halogens is 1. The number of sulfonamides is 1. The molecule has 0 heterocycles. The van der Waals surface area contributed by atoms with Crippen LogP contribution in [0, 0.1) is 5.92 Å². The zero-order chi connectivity index (χ0) is 17.1. The topological polar surface area (TPSA) is 95.7 Å². The van der Waals surface area contributed by atoms with Crippen molar-refractivity contribution in [1.29, 1.82) is 0 Å². The van der Waals surface area contributed by atoms with Gasteiger partial charge in [0, 0.05) is 40.7 Å². The normalized spacial score (nSPS) is 12.5. The lowest BCUT2D eigenvalue weighted by atomic mass is 10.1. The predicted octanol–water partition coefficient (Wildman–Crippen LogP) is 0.958. The highest BCUT2D eigenvalue weighted by atomic mass is 35.5. The van der Waals surface area contributed by atoms with E-state index in [2.05, 4.69) is 5.32 Å². The van der Waals surface area contributed by atoms with E-state index in [0.717, 1.165) is 9.99 Å². The van der Waals surface area contributed by atoms with E-state index >= 15 is 0 Å². The lowest BCUT2D eigenvalue weighted by Gasteiger charge is -2.21. The number of nitrogens with two attached hydrogens (primary N) is 1. The van der Waals surface area contributed by atoms with Crippen molar-refractivity contribution in [2.45, 2.75) is 11.8 Å². The predicted molar refractivity (Wildman–Crippen MR) is 95.7 cm³/mol. The standard InChI is InChI=1S/C14H24N4O3S.ClH/c1-10(9-15)14(19)16-12-8-11(22(20,21)18(4)5)6-7-13(12)17(2)3;/h6-8,10H,9,15H2,1-5H3,(H,16,19);1H. The highest BCUT2D eigenvalue weighted by molar-refractivity contribution is 7.89. The van der Waals surface area contributed by atoms with Crippen molar-refractivity contribution in [1.82, 2.24) is 4.31 Å². The number of benzene rings is 1. The van der Waals surface area contributed by atoms with Gasteiger partial charge in [-0.25, -0.2) is 12.7 Å². The van der Waals surface area contributed by atoms with Crippen LogP contribution in [-0.4, -0.2) is 53.4 Å². The van der Waals surface area contributed by atoms with Crippen LogP contribution in [0.2, 0.25) is 0 Å². The molecule has 0 spiro atoms. The zero-order valence-corrected chi connectivity index (χ0v) is 15.7. The Balaban J connectivity index is 0.00000484. The Labute approximate surface area is 144 Å². The second-order valence-corrected chi connectivity index (χ2v) is 7.64. The minimum absolute atomic E-state index is 0. The quantitative estimate of drug-likeness (QED) is 0.783. The number of nitrogens with one attached hydrogen (secondary N) is 1. The molecule has 0 aliphatic carbocycles. The molecule has 0 aliphatic heterocycles. The van der Waals surface area contributed by atoms with Gasteiger partial charge in [0.1, 0.15) is 0 Å². The van der Waals surface area contributed by atoms with Crippen LogP contribution in [0.15, 0.2) is 23.1 Å². The number of carbonyl (C=O) groups is 1. The third kappa shape index (κ3) is 5.07. The average Bonchev–Trinajstić information content (AvgIpc) is 2.45. The Hall–Kier alpha value is -1.35. The van der Waals surface area contributed by atoms with Gasteiger partial charge in [-0.1, -0.05) is 6.92 Å². The Morgan fingerprint density at radius 2 is 1.83 bits per heavy atom. The lowest BCUT2D eigenvalue weighted by molar-refractivity contribution is -0.119. The molecule has 0 aliphatic rings. The molecule has 0 aromatic heterocycles. The monoisotopic (exact) mass is 364 g/mol. The van der Waals surface area contributed by atoms with Crippen LogP contribution in [-0.2, 0) is 14.8 Å². The highest BCUT2D eigenvalue weighted by Crippen LogP contribution is 2.28. The second-order valence-electron chi connectivity index (χ2n) is 5.49. The number of rotatable bonds is 6. The number of carbonyl (C=O) groups excluding carboxylic acids is 1. The van der Waals surface area contributed by atoms with Gasteiger partial charge in [0.05, 0.1) is 16.3 Å². The van der Waals surface area contributed by atoms with Crippen molar-refractivity contribution in [3.05, 3.63) is 18.2 Å². The van der Waals surface area contributed by atoms with Gasteiger partial charge in [-0.3, -0.25) is 4.79 Å². The molecule has 1 aromatic rings. The summed E-state index contributed by atoms with van der Waals surface area (Å²) in [5.74, 6) is -0.603. The van der Waals surface area contributed by atoms with Gasteiger partial charge in [0.2, 0.25) is 15.9 Å². The number of hydrogen-bond acceptors (Lipinski definition) is 5. The summed E-state index contributed by atoms with van der Waals surface area (Å²) in [5, 5.41) is 2.75. The van der Waals surface area contributed by atoms with Crippen molar-refractivity contribution in [3.8, 4) is 0 Å². The first-order chi connectivity index (χ1) is 10.1. The molecule has 9 heteroatoms. The van der Waals surface area contributed by atoms with Crippen molar-refractivity contribution >= 4 is 39.7 Å². The van der Waals surface area contributed by atoms with Crippen LogP contribution >= 0.6 is 12.4 Å². The van der Waals surface area contributed by atoms with Crippen LogP contribution in [0.1, 0.15) is 6.92 Å². The van der Waals surface area contributed by atoms with E-state index in [4.69, 9.17) is 5.73 Å². The van der Waals surface area contributed by atoms with Crippen LogP contribution in [0.4, 0.5) is 11.4 Å². The van der Waals surface area contributed by atoms with E-state index in [0.29, 0.717) is 5.69 Å². The Kier molecular flexibility index (Phi) is 7.99. The molecule has 1 unspecified atom stereocenters. The van der Waals surface area contributed by atoms with E-state index < -0.39 is 10.0 Å². The lowest BCUT2D eigenvalue weighted by Crippen LogP contribution is -2.28. The first-order valence-corrected chi connectivity index (χ1v) is 8.30. The number of nitrogens with zero attached hydrogens (tertiary/aromatic N) is 2. The SMILES string of the molecule is CC(CN)C(=O)Nc1cc(S(=O)(=O)N(C)C)ccc1N(C)C.Cl. The van der Waals surface area contributed by atoms with Gasteiger partial charge in [0.15, 0.2) is 0 Å². The average molecular weight is 365 g/mol. The van der Waals surface area contributed by atoms with Crippen LogP contribution < -0.4 is 16.0 Å². The minimum atomic E-state index is -3.56. The van der Waals surface area contributed by atoms with Crippen molar-refractivity contribution < 1.29 is 13.2 Å². The molecular weight excluding hydrogens is 340 g/mol. The Morgan fingerprint density at radius 1 is 1.26 bits per heavy atom. The summed E-state index contributed by atoms with van der Waals surface area (Å²) in [6.45, 7) is 1.93. The van der Waals surface area contributed by atoms with E-state index in [1.807, 2.05) is 14.1 Å².